The molecular formula is C18H21F3N2O. The van der Waals surface area contributed by atoms with Crippen molar-refractivity contribution in [2.24, 2.45) is 0 Å². The Morgan fingerprint density at radius 1 is 1.17 bits per heavy atom. The van der Waals surface area contributed by atoms with Gasteiger partial charge in [-0.1, -0.05) is 0 Å². The highest BCUT2D eigenvalue weighted by Crippen LogP contribution is 2.28. The zero-order chi connectivity index (χ0) is 17.0. The lowest BCUT2D eigenvalue weighted by Gasteiger charge is -2.24. The molecule has 1 aromatic carbocycles. The maximum absolute atomic E-state index is 12.4. The topological polar surface area (TPSA) is 34.1 Å². The van der Waals surface area contributed by atoms with Crippen LogP contribution in [0.3, 0.4) is 0 Å². The van der Waals surface area contributed by atoms with Crippen molar-refractivity contribution in [3.8, 4) is 5.75 Å². The average molecular weight is 338 g/mol. The second-order valence-electron chi connectivity index (χ2n) is 6.22. The van der Waals surface area contributed by atoms with E-state index in [9.17, 15) is 13.2 Å². The minimum Gasteiger partial charge on any atom is -0.490 e. The van der Waals surface area contributed by atoms with Gasteiger partial charge in [-0.05, 0) is 67.9 Å². The molecule has 0 unspecified atom stereocenters. The number of alkyl halides is 3. The molecule has 0 spiro atoms. The molecule has 1 fully saturated rings. The van der Waals surface area contributed by atoms with Crippen molar-refractivity contribution >= 4 is 10.8 Å². The zero-order valence-corrected chi connectivity index (χ0v) is 13.4. The number of hydrogen-bond acceptors (Lipinski definition) is 3. The maximum atomic E-state index is 12.4. The normalized spacial score (nSPS) is 16.5. The smallest absolute Gasteiger partial charge is 0.389 e. The SMILES string of the molecule is FC(F)(F)CCCc1cncc2ccc(OC3CCNCC3)cc12. The molecule has 1 N–H and O–H groups in total. The molecule has 0 bridgehead atoms. The summed E-state index contributed by atoms with van der Waals surface area (Å²) in [5, 5.41) is 5.15. The third kappa shape index (κ3) is 4.60. The summed E-state index contributed by atoms with van der Waals surface area (Å²) in [5.74, 6) is 0.776. The van der Waals surface area contributed by atoms with Gasteiger partial charge in [0.05, 0.1) is 0 Å². The van der Waals surface area contributed by atoms with E-state index >= 15 is 0 Å². The average Bonchev–Trinajstić information content (AvgIpc) is 2.55. The Balaban J connectivity index is 1.75. The minimum atomic E-state index is -4.11. The molecule has 3 rings (SSSR count). The summed E-state index contributed by atoms with van der Waals surface area (Å²) in [7, 11) is 0. The summed E-state index contributed by atoms with van der Waals surface area (Å²) >= 11 is 0. The van der Waals surface area contributed by atoms with Gasteiger partial charge in [0.1, 0.15) is 11.9 Å². The van der Waals surface area contributed by atoms with Gasteiger partial charge in [0.15, 0.2) is 0 Å². The number of aryl methyl sites for hydroxylation is 1. The van der Waals surface area contributed by atoms with Crippen LogP contribution in [0.2, 0.25) is 0 Å². The van der Waals surface area contributed by atoms with Crippen LogP contribution in [-0.2, 0) is 6.42 Å². The zero-order valence-electron chi connectivity index (χ0n) is 13.4. The highest BCUT2D eigenvalue weighted by molar-refractivity contribution is 5.86. The molecule has 24 heavy (non-hydrogen) atoms. The van der Waals surface area contributed by atoms with Gasteiger partial charge in [-0.2, -0.15) is 13.2 Å². The maximum Gasteiger partial charge on any atom is 0.389 e. The second kappa shape index (κ2) is 7.38. The molecule has 3 nitrogen and oxygen atoms in total. The Hall–Kier alpha value is -1.82. The van der Waals surface area contributed by atoms with Crippen LogP contribution < -0.4 is 10.1 Å². The van der Waals surface area contributed by atoms with E-state index in [1.807, 2.05) is 18.2 Å². The summed E-state index contributed by atoms with van der Waals surface area (Å²) in [6.45, 7) is 1.90. The molecule has 0 amide bonds. The van der Waals surface area contributed by atoms with Crippen LogP contribution in [0.25, 0.3) is 10.8 Å². The minimum absolute atomic E-state index is 0.0731. The van der Waals surface area contributed by atoms with Crippen LogP contribution in [0.5, 0.6) is 5.75 Å². The van der Waals surface area contributed by atoms with Gasteiger partial charge in [-0.15, -0.1) is 0 Å². The Kier molecular flexibility index (Phi) is 5.23. The van der Waals surface area contributed by atoms with Gasteiger partial charge in [-0.3, -0.25) is 4.98 Å². The van der Waals surface area contributed by atoms with Crippen LogP contribution in [0.1, 0.15) is 31.2 Å². The van der Waals surface area contributed by atoms with Crippen molar-refractivity contribution in [2.75, 3.05) is 13.1 Å². The number of pyridine rings is 1. The number of halogens is 3. The quantitative estimate of drug-likeness (QED) is 0.885. The first-order chi connectivity index (χ1) is 11.5. The van der Waals surface area contributed by atoms with Gasteiger partial charge in [0.2, 0.25) is 0 Å². The number of benzene rings is 1. The van der Waals surface area contributed by atoms with Gasteiger partial charge < -0.3 is 10.1 Å². The highest BCUT2D eigenvalue weighted by Gasteiger charge is 2.26. The van der Waals surface area contributed by atoms with Crippen LogP contribution in [0, 0.1) is 0 Å². The Bertz CT molecular complexity index is 682. The van der Waals surface area contributed by atoms with E-state index in [0.29, 0.717) is 6.42 Å². The predicted octanol–water partition coefficient (Wildman–Crippen LogP) is 4.25. The van der Waals surface area contributed by atoms with E-state index in [1.54, 1.807) is 12.4 Å². The van der Waals surface area contributed by atoms with Gasteiger partial charge in [0.25, 0.3) is 0 Å². The number of nitrogens with zero attached hydrogens (tertiary/aromatic N) is 1. The fraction of sp³-hybridized carbons (Fsp3) is 0.500. The molecule has 1 aliphatic rings. The van der Waals surface area contributed by atoms with Gasteiger partial charge in [-0.25, -0.2) is 0 Å². The molecule has 1 aliphatic heterocycles. The standard InChI is InChI=1S/C18H21F3N2O/c19-18(20,21)7-1-2-13-11-23-12-14-3-4-16(10-17(13)14)24-15-5-8-22-9-6-15/h3-4,10-12,15,22H,1-2,5-9H2. The lowest BCUT2D eigenvalue weighted by molar-refractivity contribution is -0.135. The number of rotatable bonds is 5. The number of hydrogen-bond donors (Lipinski definition) is 1. The molecular weight excluding hydrogens is 317 g/mol. The lowest BCUT2D eigenvalue weighted by atomic mass is 10.0. The van der Waals surface area contributed by atoms with Crippen molar-refractivity contribution in [3.05, 3.63) is 36.2 Å². The lowest BCUT2D eigenvalue weighted by Crippen LogP contribution is -2.34. The number of ether oxygens (including phenoxy) is 1. The molecule has 130 valence electrons. The van der Waals surface area contributed by atoms with E-state index in [4.69, 9.17) is 4.74 Å². The molecule has 0 radical (unpaired) electrons. The molecule has 1 saturated heterocycles. The third-order valence-electron chi connectivity index (χ3n) is 4.31. The fourth-order valence-corrected chi connectivity index (χ4v) is 3.06. The second-order valence-corrected chi connectivity index (χ2v) is 6.22. The largest absolute Gasteiger partial charge is 0.490 e. The summed E-state index contributed by atoms with van der Waals surface area (Å²) in [5.41, 5.74) is 0.840. The van der Waals surface area contributed by atoms with Crippen molar-refractivity contribution in [1.82, 2.24) is 10.3 Å². The Morgan fingerprint density at radius 2 is 1.96 bits per heavy atom. The fourth-order valence-electron chi connectivity index (χ4n) is 3.06. The van der Waals surface area contributed by atoms with Crippen LogP contribution in [-0.4, -0.2) is 30.4 Å². The van der Waals surface area contributed by atoms with E-state index in [-0.39, 0.29) is 12.5 Å². The Labute approximate surface area is 139 Å². The first kappa shape index (κ1) is 17.0. The van der Waals surface area contributed by atoms with Crippen molar-refractivity contribution in [2.45, 2.75) is 44.4 Å². The molecule has 0 aliphatic carbocycles. The van der Waals surface area contributed by atoms with E-state index in [0.717, 1.165) is 48.0 Å². The van der Waals surface area contributed by atoms with Crippen molar-refractivity contribution < 1.29 is 17.9 Å². The first-order valence-corrected chi connectivity index (χ1v) is 8.32. The van der Waals surface area contributed by atoms with Crippen LogP contribution in [0.15, 0.2) is 30.6 Å². The van der Waals surface area contributed by atoms with E-state index in [1.165, 1.54) is 0 Å². The molecule has 2 heterocycles. The predicted molar refractivity (Wildman–Crippen MR) is 87.3 cm³/mol. The molecule has 2 aromatic rings. The van der Waals surface area contributed by atoms with Crippen LogP contribution >= 0.6 is 0 Å². The third-order valence-corrected chi connectivity index (χ3v) is 4.31. The highest BCUT2D eigenvalue weighted by atomic mass is 19.4. The van der Waals surface area contributed by atoms with Crippen LogP contribution in [0.4, 0.5) is 13.2 Å². The number of piperidine rings is 1. The van der Waals surface area contributed by atoms with Gasteiger partial charge in [0, 0.05) is 24.2 Å². The van der Waals surface area contributed by atoms with E-state index < -0.39 is 12.6 Å². The molecule has 0 saturated carbocycles. The number of nitrogens with one attached hydrogen (secondary N) is 1. The molecule has 6 heteroatoms. The van der Waals surface area contributed by atoms with Crippen molar-refractivity contribution in [1.29, 1.82) is 0 Å². The van der Waals surface area contributed by atoms with Gasteiger partial charge >= 0.3 is 6.18 Å². The number of fused-ring (bicyclic) bond motifs is 1. The van der Waals surface area contributed by atoms with E-state index in [2.05, 4.69) is 10.3 Å². The molecule has 1 aromatic heterocycles. The summed E-state index contributed by atoms with van der Waals surface area (Å²) < 4.78 is 43.1. The number of aromatic nitrogens is 1. The summed E-state index contributed by atoms with van der Waals surface area (Å²) in [6.07, 6.45) is 1.07. The summed E-state index contributed by atoms with van der Waals surface area (Å²) in [4.78, 5) is 4.14. The molecule has 0 atom stereocenters. The monoisotopic (exact) mass is 338 g/mol. The van der Waals surface area contributed by atoms with Crippen molar-refractivity contribution in [3.63, 3.8) is 0 Å². The first-order valence-electron chi connectivity index (χ1n) is 8.32. The summed E-state index contributed by atoms with van der Waals surface area (Å²) in [6, 6.07) is 5.76. The Morgan fingerprint density at radius 3 is 2.71 bits per heavy atom.